The van der Waals surface area contributed by atoms with Gasteiger partial charge in [-0.2, -0.15) is 0 Å². The SMILES string of the molecule is Cc1ccccc1OCCC(=O)N(CCO)CC(F)F. The van der Waals surface area contributed by atoms with Gasteiger partial charge in [0.2, 0.25) is 5.91 Å². The maximum absolute atomic E-state index is 12.3. The Morgan fingerprint density at radius 1 is 1.40 bits per heavy atom. The molecule has 0 aliphatic carbocycles. The fourth-order valence-corrected chi connectivity index (χ4v) is 1.73. The summed E-state index contributed by atoms with van der Waals surface area (Å²) in [5.41, 5.74) is 0.944. The molecule has 0 spiro atoms. The molecule has 0 saturated heterocycles. The van der Waals surface area contributed by atoms with Crippen LogP contribution in [0.4, 0.5) is 8.78 Å². The number of benzene rings is 1. The van der Waals surface area contributed by atoms with Gasteiger partial charge < -0.3 is 14.7 Å². The lowest BCUT2D eigenvalue weighted by atomic mass is 10.2. The van der Waals surface area contributed by atoms with Gasteiger partial charge in [-0.05, 0) is 18.6 Å². The van der Waals surface area contributed by atoms with Crippen molar-refractivity contribution >= 4 is 5.91 Å². The van der Waals surface area contributed by atoms with Crippen molar-refractivity contribution in [2.24, 2.45) is 0 Å². The van der Waals surface area contributed by atoms with E-state index in [-0.39, 0.29) is 26.2 Å². The van der Waals surface area contributed by atoms with E-state index in [1.807, 2.05) is 25.1 Å². The van der Waals surface area contributed by atoms with E-state index >= 15 is 0 Å². The van der Waals surface area contributed by atoms with E-state index in [9.17, 15) is 13.6 Å². The van der Waals surface area contributed by atoms with Gasteiger partial charge in [-0.3, -0.25) is 4.79 Å². The molecule has 1 rings (SSSR count). The van der Waals surface area contributed by atoms with Crippen LogP contribution in [0.25, 0.3) is 0 Å². The Kier molecular flexibility index (Phi) is 6.93. The van der Waals surface area contributed by atoms with E-state index in [1.165, 1.54) is 0 Å². The van der Waals surface area contributed by atoms with Crippen LogP contribution in [0.1, 0.15) is 12.0 Å². The molecule has 1 amide bonds. The fraction of sp³-hybridized carbons (Fsp3) is 0.500. The number of hydrogen-bond donors (Lipinski definition) is 1. The van der Waals surface area contributed by atoms with Crippen LogP contribution < -0.4 is 4.74 Å². The first kappa shape index (κ1) is 16.4. The summed E-state index contributed by atoms with van der Waals surface area (Å²) in [7, 11) is 0. The minimum absolute atomic E-state index is 0.00105. The van der Waals surface area contributed by atoms with Crippen molar-refractivity contribution in [2.75, 3.05) is 26.3 Å². The van der Waals surface area contributed by atoms with Gasteiger partial charge in [0.1, 0.15) is 5.75 Å². The first-order chi connectivity index (χ1) is 9.54. The molecule has 0 bridgehead atoms. The third-order valence-corrected chi connectivity index (χ3v) is 2.75. The molecule has 1 N–H and O–H groups in total. The van der Waals surface area contributed by atoms with Gasteiger partial charge in [0.25, 0.3) is 6.43 Å². The van der Waals surface area contributed by atoms with E-state index in [2.05, 4.69) is 0 Å². The highest BCUT2D eigenvalue weighted by molar-refractivity contribution is 5.76. The summed E-state index contributed by atoms with van der Waals surface area (Å²) < 4.78 is 30.0. The number of aliphatic hydroxyl groups is 1. The number of nitrogens with zero attached hydrogens (tertiary/aromatic N) is 1. The van der Waals surface area contributed by atoms with Crippen LogP contribution in [0, 0.1) is 6.92 Å². The van der Waals surface area contributed by atoms with Crippen molar-refractivity contribution in [2.45, 2.75) is 19.8 Å². The lowest BCUT2D eigenvalue weighted by Gasteiger charge is -2.21. The second-order valence-corrected chi connectivity index (χ2v) is 4.32. The third-order valence-electron chi connectivity index (χ3n) is 2.75. The van der Waals surface area contributed by atoms with Crippen LogP contribution in [0.3, 0.4) is 0 Å². The number of aliphatic hydroxyl groups excluding tert-OH is 1. The summed E-state index contributed by atoms with van der Waals surface area (Å²) in [5.74, 6) is 0.218. The maximum Gasteiger partial charge on any atom is 0.255 e. The van der Waals surface area contributed by atoms with E-state index in [4.69, 9.17) is 9.84 Å². The number of para-hydroxylation sites is 1. The summed E-state index contributed by atoms with van der Waals surface area (Å²) in [6.45, 7) is 0.912. The van der Waals surface area contributed by atoms with Crippen LogP contribution in [0.2, 0.25) is 0 Å². The summed E-state index contributed by atoms with van der Waals surface area (Å²) in [5, 5.41) is 8.77. The van der Waals surface area contributed by atoms with Crippen LogP contribution >= 0.6 is 0 Å². The normalized spacial score (nSPS) is 10.7. The fourth-order valence-electron chi connectivity index (χ4n) is 1.73. The van der Waals surface area contributed by atoms with Gasteiger partial charge >= 0.3 is 0 Å². The molecule has 0 atom stereocenters. The number of carbonyl (C=O) groups excluding carboxylic acids is 1. The summed E-state index contributed by atoms with van der Waals surface area (Å²) >= 11 is 0. The van der Waals surface area contributed by atoms with E-state index in [1.54, 1.807) is 6.07 Å². The summed E-state index contributed by atoms with van der Waals surface area (Å²) in [4.78, 5) is 12.7. The highest BCUT2D eigenvalue weighted by atomic mass is 19.3. The molecule has 0 heterocycles. The Morgan fingerprint density at radius 3 is 2.70 bits per heavy atom. The third kappa shape index (κ3) is 5.52. The predicted octanol–water partition coefficient (Wildman–Crippen LogP) is 1.85. The molecule has 112 valence electrons. The molecule has 1 aromatic rings. The van der Waals surface area contributed by atoms with Gasteiger partial charge in [-0.1, -0.05) is 18.2 Å². The zero-order chi connectivity index (χ0) is 15.0. The molecule has 0 aromatic heterocycles. The number of halogens is 2. The van der Waals surface area contributed by atoms with Crippen molar-refractivity contribution in [1.82, 2.24) is 4.90 Å². The van der Waals surface area contributed by atoms with E-state index < -0.39 is 18.9 Å². The number of ether oxygens (including phenoxy) is 1. The van der Waals surface area contributed by atoms with E-state index in [0.717, 1.165) is 10.5 Å². The highest BCUT2D eigenvalue weighted by Gasteiger charge is 2.17. The predicted molar refractivity (Wildman–Crippen MR) is 71.0 cm³/mol. The number of aryl methyl sites for hydroxylation is 1. The zero-order valence-electron chi connectivity index (χ0n) is 11.4. The van der Waals surface area contributed by atoms with E-state index in [0.29, 0.717) is 5.75 Å². The Balaban J connectivity index is 2.43. The quantitative estimate of drug-likeness (QED) is 0.794. The van der Waals surface area contributed by atoms with Crippen molar-refractivity contribution in [3.63, 3.8) is 0 Å². The topological polar surface area (TPSA) is 49.8 Å². The van der Waals surface area contributed by atoms with Gasteiger partial charge in [0.05, 0.1) is 26.2 Å². The minimum Gasteiger partial charge on any atom is -0.493 e. The maximum atomic E-state index is 12.3. The lowest BCUT2D eigenvalue weighted by molar-refractivity contribution is -0.134. The lowest BCUT2D eigenvalue weighted by Crippen LogP contribution is -2.37. The summed E-state index contributed by atoms with van der Waals surface area (Å²) in [6, 6.07) is 7.36. The molecular weight excluding hydrogens is 268 g/mol. The van der Waals surface area contributed by atoms with Gasteiger partial charge in [0, 0.05) is 6.54 Å². The first-order valence-electron chi connectivity index (χ1n) is 6.39. The van der Waals surface area contributed by atoms with Crippen LogP contribution in [0.5, 0.6) is 5.75 Å². The molecule has 0 radical (unpaired) electrons. The molecule has 0 aliphatic rings. The molecule has 20 heavy (non-hydrogen) atoms. The van der Waals surface area contributed by atoms with Gasteiger partial charge in [-0.15, -0.1) is 0 Å². The van der Waals surface area contributed by atoms with Gasteiger partial charge in [-0.25, -0.2) is 8.78 Å². The van der Waals surface area contributed by atoms with Crippen LogP contribution in [-0.4, -0.2) is 48.6 Å². The largest absolute Gasteiger partial charge is 0.493 e. The average molecular weight is 287 g/mol. The average Bonchev–Trinajstić information content (AvgIpc) is 2.40. The number of rotatable bonds is 8. The Hall–Kier alpha value is -1.69. The van der Waals surface area contributed by atoms with Crippen molar-refractivity contribution in [1.29, 1.82) is 0 Å². The highest BCUT2D eigenvalue weighted by Crippen LogP contribution is 2.16. The number of hydrogen-bond acceptors (Lipinski definition) is 3. The Bertz CT molecular complexity index is 427. The molecule has 0 aliphatic heterocycles. The first-order valence-corrected chi connectivity index (χ1v) is 6.39. The van der Waals surface area contributed by atoms with Crippen LogP contribution in [-0.2, 0) is 4.79 Å². The standard InChI is InChI=1S/C14H19F2NO3/c1-11-4-2-3-5-12(11)20-9-6-14(19)17(7-8-18)10-13(15)16/h2-5,13,18H,6-10H2,1H3. The molecular formula is C14H19F2NO3. The van der Waals surface area contributed by atoms with Crippen molar-refractivity contribution in [3.8, 4) is 5.75 Å². The second kappa shape index (κ2) is 8.47. The van der Waals surface area contributed by atoms with Crippen molar-refractivity contribution < 1.29 is 23.4 Å². The summed E-state index contributed by atoms with van der Waals surface area (Å²) in [6.07, 6.45) is -2.61. The van der Waals surface area contributed by atoms with Gasteiger partial charge in [0.15, 0.2) is 0 Å². The molecule has 1 aromatic carbocycles. The Labute approximate surface area is 117 Å². The number of carbonyl (C=O) groups is 1. The molecule has 6 heteroatoms. The molecule has 0 unspecified atom stereocenters. The monoisotopic (exact) mass is 287 g/mol. The second-order valence-electron chi connectivity index (χ2n) is 4.32. The molecule has 0 saturated carbocycles. The smallest absolute Gasteiger partial charge is 0.255 e. The Morgan fingerprint density at radius 2 is 2.10 bits per heavy atom. The van der Waals surface area contributed by atoms with Crippen LogP contribution in [0.15, 0.2) is 24.3 Å². The minimum atomic E-state index is -2.61. The number of alkyl halides is 2. The number of amides is 1. The zero-order valence-corrected chi connectivity index (χ0v) is 11.4. The molecule has 0 fully saturated rings. The van der Waals surface area contributed by atoms with Crippen molar-refractivity contribution in [3.05, 3.63) is 29.8 Å². The molecule has 4 nitrogen and oxygen atoms in total.